The maximum atomic E-state index is 11.1. The van der Waals surface area contributed by atoms with Crippen molar-refractivity contribution in [1.82, 2.24) is 4.90 Å². The van der Waals surface area contributed by atoms with Crippen LogP contribution in [-0.2, 0) is 4.79 Å². The van der Waals surface area contributed by atoms with Gasteiger partial charge in [0.25, 0.3) is 0 Å². The van der Waals surface area contributed by atoms with E-state index >= 15 is 0 Å². The molecule has 13 heavy (non-hydrogen) atoms. The lowest BCUT2D eigenvalue weighted by molar-refractivity contribution is -0.133. The fourth-order valence-corrected chi connectivity index (χ4v) is 1.54. The molecule has 1 N–H and O–H groups in total. The molecule has 0 radical (unpaired) electrons. The predicted molar refractivity (Wildman–Crippen MR) is 53.4 cm³/mol. The molecular weight excluding hydrogens is 166 g/mol. The van der Waals surface area contributed by atoms with E-state index in [0.717, 1.165) is 12.8 Å². The predicted octanol–water partition coefficient (Wildman–Crippen LogP) is 1.40. The van der Waals surface area contributed by atoms with E-state index < -0.39 is 6.10 Å². The zero-order valence-electron chi connectivity index (χ0n) is 9.08. The van der Waals surface area contributed by atoms with E-state index in [2.05, 4.69) is 0 Å². The number of hydrogen-bond acceptors (Lipinski definition) is 2. The first kappa shape index (κ1) is 12.4. The second-order valence-corrected chi connectivity index (χ2v) is 3.40. The van der Waals surface area contributed by atoms with Gasteiger partial charge in [0.05, 0.1) is 12.1 Å². The van der Waals surface area contributed by atoms with Crippen molar-refractivity contribution >= 4 is 5.91 Å². The standard InChI is InChI=1S/C10H21NO2/c1-5-7-10(13)8(3)11(6-2)9(4)12/h8,10,13H,5-7H2,1-4H3. The van der Waals surface area contributed by atoms with Crippen molar-refractivity contribution in [3.05, 3.63) is 0 Å². The van der Waals surface area contributed by atoms with Crippen molar-refractivity contribution in [3.63, 3.8) is 0 Å². The summed E-state index contributed by atoms with van der Waals surface area (Å²) in [6, 6.07) is -0.0672. The summed E-state index contributed by atoms with van der Waals surface area (Å²) in [5.41, 5.74) is 0. The largest absolute Gasteiger partial charge is 0.391 e. The van der Waals surface area contributed by atoms with Crippen molar-refractivity contribution in [2.45, 2.75) is 52.7 Å². The highest BCUT2D eigenvalue weighted by atomic mass is 16.3. The Morgan fingerprint density at radius 2 is 2.00 bits per heavy atom. The Morgan fingerprint density at radius 1 is 1.46 bits per heavy atom. The van der Waals surface area contributed by atoms with Gasteiger partial charge in [-0.15, -0.1) is 0 Å². The first-order valence-electron chi connectivity index (χ1n) is 4.99. The smallest absolute Gasteiger partial charge is 0.219 e. The van der Waals surface area contributed by atoms with Crippen LogP contribution in [0.4, 0.5) is 0 Å². The Hall–Kier alpha value is -0.570. The molecule has 0 heterocycles. The van der Waals surface area contributed by atoms with Gasteiger partial charge >= 0.3 is 0 Å². The van der Waals surface area contributed by atoms with E-state index in [-0.39, 0.29) is 11.9 Å². The van der Waals surface area contributed by atoms with E-state index in [4.69, 9.17) is 0 Å². The molecule has 3 nitrogen and oxygen atoms in total. The fourth-order valence-electron chi connectivity index (χ4n) is 1.54. The summed E-state index contributed by atoms with van der Waals surface area (Å²) in [4.78, 5) is 12.8. The van der Waals surface area contributed by atoms with Crippen molar-refractivity contribution in [3.8, 4) is 0 Å². The Kier molecular flexibility index (Phi) is 5.71. The lowest BCUT2D eigenvalue weighted by Crippen LogP contribution is -2.44. The average molecular weight is 187 g/mol. The molecule has 0 aliphatic rings. The van der Waals surface area contributed by atoms with Crippen LogP contribution in [0.3, 0.4) is 0 Å². The minimum absolute atomic E-state index is 0.0325. The number of carbonyl (C=O) groups excluding carboxylic acids is 1. The Morgan fingerprint density at radius 3 is 2.31 bits per heavy atom. The van der Waals surface area contributed by atoms with E-state index in [1.54, 1.807) is 11.8 Å². The number of nitrogens with zero attached hydrogens (tertiary/aromatic N) is 1. The van der Waals surface area contributed by atoms with Crippen LogP contribution in [0, 0.1) is 0 Å². The first-order valence-corrected chi connectivity index (χ1v) is 4.99. The maximum absolute atomic E-state index is 11.1. The molecule has 0 saturated heterocycles. The molecule has 0 bridgehead atoms. The Bertz CT molecular complexity index is 159. The quantitative estimate of drug-likeness (QED) is 0.707. The molecule has 0 spiro atoms. The van der Waals surface area contributed by atoms with E-state index in [1.807, 2.05) is 20.8 Å². The van der Waals surface area contributed by atoms with E-state index in [1.165, 1.54) is 0 Å². The number of likely N-dealkylation sites (N-methyl/N-ethyl adjacent to an activating group) is 1. The number of rotatable bonds is 5. The second-order valence-electron chi connectivity index (χ2n) is 3.40. The molecule has 2 atom stereocenters. The molecule has 0 saturated carbocycles. The van der Waals surface area contributed by atoms with Crippen LogP contribution < -0.4 is 0 Å². The highest BCUT2D eigenvalue weighted by molar-refractivity contribution is 5.73. The zero-order chi connectivity index (χ0) is 10.4. The van der Waals surface area contributed by atoms with Crippen LogP contribution in [0.1, 0.15) is 40.5 Å². The molecule has 0 rings (SSSR count). The lowest BCUT2D eigenvalue weighted by Gasteiger charge is -2.30. The zero-order valence-corrected chi connectivity index (χ0v) is 9.08. The van der Waals surface area contributed by atoms with Gasteiger partial charge in [-0.25, -0.2) is 0 Å². The van der Waals surface area contributed by atoms with Crippen LogP contribution in [-0.4, -0.2) is 34.6 Å². The molecule has 0 aliphatic heterocycles. The lowest BCUT2D eigenvalue weighted by atomic mass is 10.1. The molecule has 2 unspecified atom stereocenters. The molecule has 0 aliphatic carbocycles. The summed E-state index contributed by atoms with van der Waals surface area (Å²) in [5, 5.41) is 9.67. The fraction of sp³-hybridized carbons (Fsp3) is 0.900. The molecule has 0 aromatic rings. The van der Waals surface area contributed by atoms with Gasteiger partial charge in [0.15, 0.2) is 0 Å². The van der Waals surface area contributed by atoms with Gasteiger partial charge in [0, 0.05) is 13.5 Å². The molecule has 78 valence electrons. The van der Waals surface area contributed by atoms with Crippen molar-refractivity contribution < 1.29 is 9.90 Å². The summed E-state index contributed by atoms with van der Waals surface area (Å²) < 4.78 is 0. The maximum Gasteiger partial charge on any atom is 0.219 e. The minimum atomic E-state index is -0.395. The van der Waals surface area contributed by atoms with Gasteiger partial charge in [0.2, 0.25) is 5.91 Å². The topological polar surface area (TPSA) is 40.5 Å². The normalized spacial score (nSPS) is 15.2. The van der Waals surface area contributed by atoms with E-state index in [0.29, 0.717) is 6.54 Å². The summed E-state index contributed by atoms with van der Waals surface area (Å²) in [6.45, 7) is 8.05. The summed E-state index contributed by atoms with van der Waals surface area (Å²) in [6.07, 6.45) is 1.31. The summed E-state index contributed by atoms with van der Waals surface area (Å²) in [7, 11) is 0. The highest BCUT2D eigenvalue weighted by Gasteiger charge is 2.21. The third kappa shape index (κ3) is 3.77. The van der Waals surface area contributed by atoms with Crippen LogP contribution in [0.25, 0.3) is 0 Å². The third-order valence-electron chi connectivity index (χ3n) is 2.38. The molecule has 0 aromatic heterocycles. The average Bonchev–Trinajstić information content (AvgIpc) is 2.05. The number of aliphatic hydroxyl groups excluding tert-OH is 1. The van der Waals surface area contributed by atoms with Crippen molar-refractivity contribution in [2.75, 3.05) is 6.54 Å². The van der Waals surface area contributed by atoms with Gasteiger partial charge in [-0.05, 0) is 20.3 Å². The van der Waals surface area contributed by atoms with Crippen LogP contribution in [0.5, 0.6) is 0 Å². The van der Waals surface area contributed by atoms with Gasteiger partial charge in [-0.2, -0.15) is 0 Å². The van der Waals surface area contributed by atoms with Gasteiger partial charge in [-0.3, -0.25) is 4.79 Å². The highest BCUT2D eigenvalue weighted by Crippen LogP contribution is 2.09. The van der Waals surface area contributed by atoms with Gasteiger partial charge in [-0.1, -0.05) is 13.3 Å². The first-order chi connectivity index (χ1) is 6.04. The summed E-state index contributed by atoms with van der Waals surface area (Å²) >= 11 is 0. The number of hydrogen-bond donors (Lipinski definition) is 1. The minimum Gasteiger partial charge on any atom is -0.391 e. The van der Waals surface area contributed by atoms with Gasteiger partial charge in [0.1, 0.15) is 0 Å². The number of aliphatic hydroxyl groups is 1. The van der Waals surface area contributed by atoms with Crippen LogP contribution >= 0.6 is 0 Å². The molecule has 1 amide bonds. The second kappa shape index (κ2) is 5.97. The summed E-state index contributed by atoms with van der Waals surface area (Å²) in [5.74, 6) is 0.0325. The number of amides is 1. The molecule has 0 aromatic carbocycles. The third-order valence-corrected chi connectivity index (χ3v) is 2.38. The van der Waals surface area contributed by atoms with Crippen LogP contribution in [0.15, 0.2) is 0 Å². The Labute approximate surface area is 80.7 Å². The Balaban J connectivity index is 4.18. The number of carbonyl (C=O) groups is 1. The monoisotopic (exact) mass is 187 g/mol. The van der Waals surface area contributed by atoms with Crippen LogP contribution in [0.2, 0.25) is 0 Å². The molecule has 3 heteroatoms. The van der Waals surface area contributed by atoms with Crippen molar-refractivity contribution in [2.24, 2.45) is 0 Å². The molecule has 0 fully saturated rings. The van der Waals surface area contributed by atoms with E-state index in [9.17, 15) is 9.90 Å². The molecular formula is C10H21NO2. The van der Waals surface area contributed by atoms with Gasteiger partial charge < -0.3 is 10.0 Å². The van der Waals surface area contributed by atoms with Crippen molar-refractivity contribution in [1.29, 1.82) is 0 Å². The SMILES string of the molecule is CCCC(O)C(C)N(CC)C(C)=O.